The van der Waals surface area contributed by atoms with Gasteiger partial charge in [-0.3, -0.25) is 4.79 Å². The van der Waals surface area contributed by atoms with Crippen molar-refractivity contribution < 1.29 is 4.79 Å². The molecule has 1 nitrogen and oxygen atoms in total. The number of carbonyl (C=O) groups is 1. The van der Waals surface area contributed by atoms with Crippen molar-refractivity contribution in [3.8, 4) is 0 Å². The van der Waals surface area contributed by atoms with Crippen LogP contribution in [0.15, 0.2) is 22.7 Å². The molecule has 3 heteroatoms. The molecule has 0 radical (unpaired) electrons. The van der Waals surface area contributed by atoms with Crippen LogP contribution >= 0.6 is 27.7 Å². The fourth-order valence-corrected chi connectivity index (χ4v) is 3.69. The summed E-state index contributed by atoms with van der Waals surface area (Å²) in [4.78, 5) is 12.3. The number of ketones is 1. The van der Waals surface area contributed by atoms with Gasteiger partial charge in [-0.15, -0.1) is 0 Å². The van der Waals surface area contributed by atoms with Gasteiger partial charge < -0.3 is 0 Å². The third kappa shape index (κ3) is 2.51. The zero-order chi connectivity index (χ0) is 11.5. The second kappa shape index (κ2) is 5.37. The van der Waals surface area contributed by atoms with Crippen molar-refractivity contribution >= 4 is 33.5 Å². The van der Waals surface area contributed by atoms with Crippen LogP contribution in [0.4, 0.5) is 0 Å². The van der Waals surface area contributed by atoms with E-state index in [1.54, 1.807) is 0 Å². The number of hydrogen-bond acceptors (Lipinski definition) is 2. The fourth-order valence-electron chi connectivity index (χ4n) is 1.96. The van der Waals surface area contributed by atoms with Crippen molar-refractivity contribution in [1.82, 2.24) is 0 Å². The minimum absolute atomic E-state index is 0.173. The van der Waals surface area contributed by atoms with Crippen molar-refractivity contribution in [2.75, 3.05) is 5.75 Å². The third-order valence-corrected chi connectivity index (χ3v) is 5.36. The molecule has 2 rings (SSSR count). The molecule has 0 bridgehead atoms. The summed E-state index contributed by atoms with van der Waals surface area (Å²) in [7, 11) is 0. The lowest BCUT2D eigenvalue weighted by Crippen LogP contribution is -2.21. The smallest absolute Gasteiger partial charge is 0.176 e. The molecule has 1 atom stereocenters. The van der Waals surface area contributed by atoms with Crippen molar-refractivity contribution in [2.24, 2.45) is 0 Å². The van der Waals surface area contributed by atoms with Crippen molar-refractivity contribution in [1.29, 1.82) is 0 Å². The van der Waals surface area contributed by atoms with Gasteiger partial charge in [0.25, 0.3) is 0 Å². The van der Waals surface area contributed by atoms with Crippen LogP contribution in [0, 0.1) is 6.92 Å². The van der Waals surface area contributed by atoms with E-state index in [1.807, 2.05) is 36.9 Å². The Morgan fingerprint density at radius 2 is 2.25 bits per heavy atom. The van der Waals surface area contributed by atoms with Gasteiger partial charge in [-0.25, -0.2) is 0 Å². The molecule has 1 aromatic carbocycles. The monoisotopic (exact) mass is 298 g/mol. The van der Waals surface area contributed by atoms with E-state index in [0.717, 1.165) is 27.8 Å². The van der Waals surface area contributed by atoms with Crippen LogP contribution in [0.1, 0.15) is 35.2 Å². The summed E-state index contributed by atoms with van der Waals surface area (Å²) in [5, 5.41) is 0.173. The second-order valence-electron chi connectivity index (χ2n) is 4.16. The molecule has 1 aliphatic heterocycles. The molecule has 1 unspecified atom stereocenters. The van der Waals surface area contributed by atoms with Crippen LogP contribution in [0.3, 0.4) is 0 Å². The Morgan fingerprint density at radius 3 is 2.94 bits per heavy atom. The van der Waals surface area contributed by atoms with E-state index in [0.29, 0.717) is 5.78 Å². The number of aryl methyl sites for hydroxylation is 1. The summed E-state index contributed by atoms with van der Waals surface area (Å²) >= 11 is 5.33. The molecule has 1 aromatic rings. The van der Waals surface area contributed by atoms with Gasteiger partial charge in [-0.1, -0.05) is 24.6 Å². The molecule has 0 aromatic heterocycles. The van der Waals surface area contributed by atoms with E-state index in [1.165, 1.54) is 12.8 Å². The molecule has 1 aliphatic rings. The van der Waals surface area contributed by atoms with E-state index in [4.69, 9.17) is 0 Å². The SMILES string of the molecule is Cc1cccc(C(=O)C2CCCCS2)c1Br. The van der Waals surface area contributed by atoms with Crippen LogP contribution in [0.25, 0.3) is 0 Å². The Balaban J connectivity index is 2.22. The maximum atomic E-state index is 12.3. The van der Waals surface area contributed by atoms with Gasteiger partial charge in [0.05, 0.1) is 5.25 Å². The largest absolute Gasteiger partial charge is 0.293 e. The van der Waals surface area contributed by atoms with Gasteiger partial charge in [0.1, 0.15) is 0 Å². The van der Waals surface area contributed by atoms with Gasteiger partial charge in [0.2, 0.25) is 0 Å². The van der Waals surface area contributed by atoms with Crippen molar-refractivity contribution in [2.45, 2.75) is 31.4 Å². The number of carbonyl (C=O) groups excluding carboxylic acids is 1. The predicted molar refractivity (Wildman–Crippen MR) is 73.3 cm³/mol. The molecule has 0 amide bonds. The lowest BCUT2D eigenvalue weighted by atomic mass is 10.0. The van der Waals surface area contributed by atoms with Crippen molar-refractivity contribution in [3.05, 3.63) is 33.8 Å². The first kappa shape index (κ1) is 12.2. The fraction of sp³-hybridized carbons (Fsp3) is 0.462. The highest BCUT2D eigenvalue weighted by Gasteiger charge is 2.24. The van der Waals surface area contributed by atoms with Gasteiger partial charge in [-0.2, -0.15) is 11.8 Å². The molecule has 0 saturated carbocycles. The van der Waals surface area contributed by atoms with Crippen LogP contribution in [0.5, 0.6) is 0 Å². The van der Waals surface area contributed by atoms with E-state index in [2.05, 4.69) is 15.9 Å². The standard InChI is InChI=1S/C13H15BrOS/c1-9-5-4-6-10(12(9)14)13(15)11-7-2-3-8-16-11/h4-6,11H,2-3,7-8H2,1H3. The minimum atomic E-state index is 0.173. The van der Waals surface area contributed by atoms with Crippen LogP contribution in [-0.4, -0.2) is 16.8 Å². The van der Waals surface area contributed by atoms with Crippen LogP contribution in [-0.2, 0) is 0 Å². The molecule has 0 spiro atoms. The van der Waals surface area contributed by atoms with Gasteiger partial charge in [0.15, 0.2) is 5.78 Å². The first-order valence-corrected chi connectivity index (χ1v) is 7.45. The van der Waals surface area contributed by atoms with Crippen molar-refractivity contribution in [3.63, 3.8) is 0 Å². The molecule has 1 saturated heterocycles. The number of Topliss-reactive ketones (excluding diaryl/α,β-unsaturated/α-hetero) is 1. The number of benzene rings is 1. The average molecular weight is 299 g/mol. The van der Waals surface area contributed by atoms with E-state index in [9.17, 15) is 4.79 Å². The molecule has 0 N–H and O–H groups in total. The Kier molecular flexibility index (Phi) is 4.09. The maximum Gasteiger partial charge on any atom is 0.176 e. The van der Waals surface area contributed by atoms with Gasteiger partial charge in [-0.05, 0) is 47.0 Å². The average Bonchev–Trinajstić information content (AvgIpc) is 2.33. The molecule has 1 fully saturated rings. The third-order valence-electron chi connectivity index (χ3n) is 2.93. The number of thioether (sulfide) groups is 1. The van der Waals surface area contributed by atoms with Gasteiger partial charge >= 0.3 is 0 Å². The highest BCUT2D eigenvalue weighted by molar-refractivity contribution is 9.10. The molecular formula is C13H15BrOS. The molecule has 1 heterocycles. The summed E-state index contributed by atoms with van der Waals surface area (Å²) in [5.41, 5.74) is 1.98. The maximum absolute atomic E-state index is 12.3. The van der Waals surface area contributed by atoms with Crippen LogP contribution in [0.2, 0.25) is 0 Å². The predicted octanol–water partition coefficient (Wildman–Crippen LogP) is 4.23. The number of hydrogen-bond donors (Lipinski definition) is 0. The summed E-state index contributed by atoms with van der Waals surface area (Å²) in [6, 6.07) is 5.91. The highest BCUT2D eigenvalue weighted by Crippen LogP contribution is 2.31. The second-order valence-corrected chi connectivity index (χ2v) is 6.26. The highest BCUT2D eigenvalue weighted by atomic mass is 79.9. The first-order valence-electron chi connectivity index (χ1n) is 5.61. The zero-order valence-corrected chi connectivity index (χ0v) is 11.7. The normalized spacial score (nSPS) is 20.8. The van der Waals surface area contributed by atoms with Gasteiger partial charge in [0, 0.05) is 10.0 Å². The Bertz CT molecular complexity index is 397. The quantitative estimate of drug-likeness (QED) is 0.760. The van der Waals surface area contributed by atoms with E-state index < -0.39 is 0 Å². The summed E-state index contributed by atoms with van der Waals surface area (Å²) in [5.74, 6) is 1.42. The molecule has 0 aliphatic carbocycles. The van der Waals surface area contributed by atoms with Crippen LogP contribution < -0.4 is 0 Å². The Labute approximate surface area is 109 Å². The lowest BCUT2D eigenvalue weighted by Gasteiger charge is -2.20. The number of halogens is 1. The molecular weight excluding hydrogens is 284 g/mol. The summed E-state index contributed by atoms with van der Waals surface area (Å²) in [6.07, 6.45) is 3.47. The Morgan fingerprint density at radius 1 is 1.44 bits per heavy atom. The summed E-state index contributed by atoms with van der Waals surface area (Å²) in [6.45, 7) is 2.02. The number of rotatable bonds is 2. The first-order chi connectivity index (χ1) is 7.70. The zero-order valence-electron chi connectivity index (χ0n) is 9.33. The Hall–Kier alpha value is -0.280. The molecule has 86 valence electrons. The minimum Gasteiger partial charge on any atom is -0.293 e. The lowest BCUT2D eigenvalue weighted by molar-refractivity contribution is 0.0984. The topological polar surface area (TPSA) is 17.1 Å². The van der Waals surface area contributed by atoms with E-state index >= 15 is 0 Å². The van der Waals surface area contributed by atoms with E-state index in [-0.39, 0.29) is 5.25 Å². The summed E-state index contributed by atoms with van der Waals surface area (Å²) < 4.78 is 0.964. The molecule has 16 heavy (non-hydrogen) atoms.